The molecule has 306 valence electrons. The van der Waals surface area contributed by atoms with E-state index in [1.807, 2.05) is 0 Å². The molecule has 0 unspecified atom stereocenters. The lowest BCUT2D eigenvalue weighted by molar-refractivity contribution is -0.137. The number of nitrogens with zero attached hydrogens (tertiary/aromatic N) is 3. The molecular formula is C38H41ClF4N6O7S. The van der Waals surface area contributed by atoms with E-state index in [-0.39, 0.29) is 35.9 Å². The van der Waals surface area contributed by atoms with Crippen molar-refractivity contribution in [2.24, 2.45) is 11.7 Å². The predicted molar refractivity (Wildman–Crippen MR) is 203 cm³/mol. The highest BCUT2D eigenvalue weighted by Crippen LogP contribution is 2.39. The molecule has 0 radical (unpaired) electrons. The number of anilines is 2. The van der Waals surface area contributed by atoms with Crippen LogP contribution in [0.3, 0.4) is 0 Å². The molecule has 3 aromatic carbocycles. The Morgan fingerprint density at radius 1 is 1.04 bits per heavy atom. The molecule has 1 saturated carbocycles. The first kappa shape index (κ1) is 42.8. The third-order valence-corrected chi connectivity index (χ3v) is 11.6. The molecule has 19 heteroatoms. The first-order valence-electron chi connectivity index (χ1n) is 17.6. The molecule has 1 aromatic heterocycles. The van der Waals surface area contributed by atoms with E-state index in [2.05, 4.69) is 20.6 Å². The van der Waals surface area contributed by atoms with Gasteiger partial charge in [-0.1, -0.05) is 43.6 Å². The SMILES string of the molecule is COc1ccc(CN(c2ccncn2)S(=O)(=O)c2cc(Cl)c(N[C@H]3CC[C@H](c4cccc(C(F)(F)F)c4)C[C@@H]3NC(=O)[C@@H](OC(N)=O)C(C)C)cc2F)c(OC)c1. The summed E-state index contributed by atoms with van der Waals surface area (Å²) in [4.78, 5) is 32.3. The van der Waals surface area contributed by atoms with Gasteiger partial charge in [-0.15, -0.1) is 0 Å². The summed E-state index contributed by atoms with van der Waals surface area (Å²) in [5.41, 5.74) is 5.17. The van der Waals surface area contributed by atoms with E-state index in [1.54, 1.807) is 38.1 Å². The zero-order valence-corrected chi connectivity index (χ0v) is 32.8. The fraction of sp³-hybridized carbons (Fsp3) is 0.368. The molecule has 1 aliphatic rings. The summed E-state index contributed by atoms with van der Waals surface area (Å²) >= 11 is 6.67. The lowest BCUT2D eigenvalue weighted by Crippen LogP contribution is -2.54. The number of carbonyl (C=O) groups excluding carboxylic acids is 2. The van der Waals surface area contributed by atoms with Crippen LogP contribution in [0.5, 0.6) is 11.5 Å². The Labute approximate surface area is 331 Å². The Morgan fingerprint density at radius 3 is 2.42 bits per heavy atom. The van der Waals surface area contributed by atoms with Gasteiger partial charge in [0.25, 0.3) is 15.9 Å². The summed E-state index contributed by atoms with van der Waals surface area (Å²) in [6.45, 7) is 2.93. The van der Waals surface area contributed by atoms with Gasteiger partial charge in [-0.2, -0.15) is 13.2 Å². The van der Waals surface area contributed by atoms with Gasteiger partial charge in [-0.25, -0.2) is 31.9 Å². The monoisotopic (exact) mass is 836 g/mol. The molecular weight excluding hydrogens is 796 g/mol. The number of rotatable bonds is 14. The number of halogens is 5. The predicted octanol–water partition coefficient (Wildman–Crippen LogP) is 7.05. The molecule has 1 fully saturated rings. The maximum absolute atomic E-state index is 16.2. The lowest BCUT2D eigenvalue weighted by atomic mass is 9.78. The first-order valence-corrected chi connectivity index (χ1v) is 19.4. The average Bonchev–Trinajstić information content (AvgIpc) is 3.17. The molecule has 4 N–H and O–H groups in total. The Balaban J connectivity index is 1.47. The minimum absolute atomic E-state index is 0.0194. The Bertz CT molecular complexity index is 2180. The second-order valence-electron chi connectivity index (χ2n) is 13.6. The molecule has 4 aromatic rings. The van der Waals surface area contributed by atoms with Crippen LogP contribution < -0.4 is 30.1 Å². The highest BCUT2D eigenvalue weighted by molar-refractivity contribution is 7.92. The second kappa shape index (κ2) is 17.8. The molecule has 1 heterocycles. The Morgan fingerprint density at radius 2 is 1.79 bits per heavy atom. The maximum Gasteiger partial charge on any atom is 0.416 e. The van der Waals surface area contributed by atoms with Crippen LogP contribution in [0, 0.1) is 11.7 Å². The number of aromatic nitrogens is 2. The van der Waals surface area contributed by atoms with E-state index < -0.39 is 74.5 Å². The molecule has 0 saturated heterocycles. The third-order valence-electron chi connectivity index (χ3n) is 9.53. The normalized spacial score (nSPS) is 17.7. The van der Waals surface area contributed by atoms with Crippen molar-refractivity contribution in [2.45, 2.75) is 74.8 Å². The summed E-state index contributed by atoms with van der Waals surface area (Å²) in [5.74, 6) is -2.14. The van der Waals surface area contributed by atoms with E-state index in [0.29, 0.717) is 29.0 Å². The number of benzene rings is 3. The Hall–Kier alpha value is -5.36. The van der Waals surface area contributed by atoms with Crippen molar-refractivity contribution < 1.29 is 49.8 Å². The molecule has 0 aliphatic heterocycles. The molecule has 4 atom stereocenters. The number of ether oxygens (including phenoxy) is 3. The summed E-state index contributed by atoms with van der Waals surface area (Å²) in [6.07, 6.45) is -3.85. The first-order chi connectivity index (χ1) is 26.9. The van der Waals surface area contributed by atoms with Crippen molar-refractivity contribution >= 4 is 45.1 Å². The minimum atomic E-state index is -4.72. The number of sulfonamides is 1. The van der Waals surface area contributed by atoms with Crippen molar-refractivity contribution in [1.29, 1.82) is 0 Å². The van der Waals surface area contributed by atoms with Crippen molar-refractivity contribution in [3.8, 4) is 11.5 Å². The van der Waals surface area contributed by atoms with Gasteiger partial charge in [0.2, 0.25) is 0 Å². The van der Waals surface area contributed by atoms with Crippen molar-refractivity contribution in [1.82, 2.24) is 15.3 Å². The van der Waals surface area contributed by atoms with Gasteiger partial charge in [0.15, 0.2) is 6.10 Å². The fourth-order valence-corrected chi connectivity index (χ4v) is 8.43. The fourth-order valence-electron chi connectivity index (χ4n) is 6.67. The molecule has 13 nitrogen and oxygen atoms in total. The quantitative estimate of drug-likeness (QED) is 0.112. The van der Waals surface area contributed by atoms with Gasteiger partial charge in [0.05, 0.1) is 37.0 Å². The standard InChI is InChI=1S/C38H41ClF4N6O7S/c1-21(2)35(56-37(44)51)36(50)48-31-15-23(22-6-5-7-25(14-22)38(41,42)43)9-11-29(31)47-30-18-28(40)33(17-27(30)39)57(52,53)49(34-12-13-45-20-46-34)19-24-8-10-26(54-3)16-32(24)55-4/h5-8,10,12-14,16-18,20-21,23,29,31,35,47H,9,11,15,19H2,1-4H3,(H2,44,51)(H,48,50)/t23-,29-,31-,35-/m0/s1. The lowest BCUT2D eigenvalue weighted by Gasteiger charge is -2.39. The van der Waals surface area contributed by atoms with Gasteiger partial charge in [0, 0.05) is 36.0 Å². The van der Waals surface area contributed by atoms with Crippen molar-refractivity contribution in [2.75, 3.05) is 23.8 Å². The molecule has 0 spiro atoms. The van der Waals surface area contributed by atoms with Gasteiger partial charge < -0.3 is 30.6 Å². The topological polar surface area (TPSA) is 175 Å². The zero-order valence-electron chi connectivity index (χ0n) is 31.2. The van der Waals surface area contributed by atoms with Crippen LogP contribution in [0.4, 0.5) is 33.9 Å². The molecule has 0 bridgehead atoms. The number of hydrogen-bond donors (Lipinski definition) is 3. The van der Waals surface area contributed by atoms with Crippen molar-refractivity contribution in [3.05, 3.63) is 101 Å². The van der Waals surface area contributed by atoms with Crippen molar-refractivity contribution in [3.63, 3.8) is 0 Å². The number of nitrogens with one attached hydrogen (secondary N) is 2. The smallest absolute Gasteiger partial charge is 0.416 e. The summed E-state index contributed by atoms with van der Waals surface area (Å²) in [6, 6.07) is 11.4. The molecule has 5 rings (SSSR count). The van der Waals surface area contributed by atoms with Gasteiger partial charge >= 0.3 is 12.3 Å². The van der Waals surface area contributed by atoms with Crippen LogP contribution in [0.25, 0.3) is 0 Å². The van der Waals surface area contributed by atoms with E-state index in [4.69, 9.17) is 31.5 Å². The van der Waals surface area contributed by atoms with E-state index in [0.717, 1.165) is 34.9 Å². The van der Waals surface area contributed by atoms with E-state index in [9.17, 15) is 31.2 Å². The van der Waals surface area contributed by atoms with Crippen LogP contribution in [0.2, 0.25) is 5.02 Å². The van der Waals surface area contributed by atoms with Crippen LogP contribution in [0.1, 0.15) is 55.7 Å². The minimum Gasteiger partial charge on any atom is -0.497 e. The number of amides is 2. The number of nitrogens with two attached hydrogens (primary N) is 1. The van der Waals surface area contributed by atoms with Crippen LogP contribution >= 0.6 is 11.6 Å². The number of carbonyl (C=O) groups is 2. The Kier molecular flexibility index (Phi) is 13.4. The van der Waals surface area contributed by atoms with Gasteiger partial charge in [-0.3, -0.25) is 4.79 Å². The number of alkyl halides is 3. The number of methoxy groups -OCH3 is 2. The van der Waals surface area contributed by atoms with Crippen LogP contribution in [0.15, 0.2) is 78.1 Å². The second-order valence-corrected chi connectivity index (χ2v) is 15.9. The zero-order chi connectivity index (χ0) is 41.7. The molecule has 2 amide bonds. The average molecular weight is 837 g/mol. The summed E-state index contributed by atoms with van der Waals surface area (Å²) in [5, 5.41) is 5.76. The van der Waals surface area contributed by atoms with E-state index >= 15 is 4.39 Å². The highest BCUT2D eigenvalue weighted by Gasteiger charge is 2.38. The highest BCUT2D eigenvalue weighted by atomic mass is 35.5. The van der Waals surface area contributed by atoms with Crippen LogP contribution in [-0.2, 0) is 32.3 Å². The summed E-state index contributed by atoms with van der Waals surface area (Å²) < 4.78 is 102. The summed E-state index contributed by atoms with van der Waals surface area (Å²) in [7, 11) is -1.86. The number of hydrogen-bond acceptors (Lipinski definition) is 10. The molecule has 57 heavy (non-hydrogen) atoms. The largest absolute Gasteiger partial charge is 0.497 e. The van der Waals surface area contributed by atoms with Gasteiger partial charge in [-0.05, 0) is 67.0 Å². The molecule has 1 aliphatic carbocycles. The third kappa shape index (κ3) is 10.2. The van der Waals surface area contributed by atoms with Crippen LogP contribution in [-0.4, -0.2) is 62.8 Å². The van der Waals surface area contributed by atoms with Gasteiger partial charge in [0.1, 0.15) is 34.4 Å². The van der Waals surface area contributed by atoms with E-state index in [1.165, 1.54) is 32.5 Å². The maximum atomic E-state index is 16.2. The number of primary amides is 1.